The molecule has 0 radical (unpaired) electrons. The lowest BCUT2D eigenvalue weighted by atomic mass is 10.2. The first kappa shape index (κ1) is 24.6. The van der Waals surface area contributed by atoms with Crippen molar-refractivity contribution in [3.8, 4) is 23.1 Å². The van der Waals surface area contributed by atoms with E-state index in [0.717, 1.165) is 0 Å². The molecule has 4 rings (SSSR count). The van der Waals surface area contributed by atoms with Crippen LogP contribution in [0, 0.1) is 5.82 Å². The fourth-order valence-electron chi connectivity index (χ4n) is 3.19. The zero-order chi connectivity index (χ0) is 24.8. The molecule has 0 aliphatic heterocycles. The highest BCUT2D eigenvalue weighted by molar-refractivity contribution is 7.92. The second-order valence-corrected chi connectivity index (χ2v) is 9.38. The Hall–Kier alpha value is -3.47. The molecule has 11 heteroatoms. The van der Waals surface area contributed by atoms with Gasteiger partial charge in [-0.15, -0.1) is 5.10 Å². The van der Waals surface area contributed by atoms with E-state index in [9.17, 15) is 12.8 Å². The molecule has 0 aliphatic rings. The summed E-state index contributed by atoms with van der Waals surface area (Å²) in [6.07, 6.45) is 0. The second kappa shape index (κ2) is 10.9. The number of aromatic nitrogens is 3. The SMILES string of the molecule is CCOCCOc1nc(-c2ccccc2F)n(-c2ccc(NS(=O)(=O)c3ccc(Cl)cc3)cc2)n1. The van der Waals surface area contributed by atoms with E-state index in [1.807, 2.05) is 6.92 Å². The number of anilines is 1. The Morgan fingerprint density at radius 3 is 2.40 bits per heavy atom. The summed E-state index contributed by atoms with van der Waals surface area (Å²) in [6.45, 7) is 3.03. The lowest BCUT2D eigenvalue weighted by Crippen LogP contribution is -2.12. The van der Waals surface area contributed by atoms with Crippen molar-refractivity contribution < 1.29 is 22.3 Å². The number of rotatable bonds is 10. The van der Waals surface area contributed by atoms with E-state index in [2.05, 4.69) is 14.8 Å². The summed E-state index contributed by atoms with van der Waals surface area (Å²) in [7, 11) is -3.80. The number of benzene rings is 3. The average Bonchev–Trinajstić information content (AvgIpc) is 3.26. The summed E-state index contributed by atoms with van der Waals surface area (Å²) in [4.78, 5) is 4.44. The Morgan fingerprint density at radius 1 is 1.00 bits per heavy atom. The minimum Gasteiger partial charge on any atom is -0.460 e. The molecule has 0 bridgehead atoms. The third-order valence-corrected chi connectivity index (χ3v) is 6.50. The molecule has 0 spiro atoms. The van der Waals surface area contributed by atoms with Gasteiger partial charge in [-0.2, -0.15) is 4.98 Å². The van der Waals surface area contributed by atoms with Gasteiger partial charge < -0.3 is 9.47 Å². The van der Waals surface area contributed by atoms with E-state index < -0.39 is 15.8 Å². The molecule has 0 aliphatic carbocycles. The predicted molar refractivity (Wildman–Crippen MR) is 131 cm³/mol. The number of sulfonamides is 1. The Balaban J connectivity index is 1.61. The zero-order valence-corrected chi connectivity index (χ0v) is 20.3. The van der Waals surface area contributed by atoms with Crippen LogP contribution in [-0.2, 0) is 14.8 Å². The lowest BCUT2D eigenvalue weighted by Gasteiger charge is -2.10. The molecule has 35 heavy (non-hydrogen) atoms. The summed E-state index contributed by atoms with van der Waals surface area (Å²) in [5, 5.41) is 4.80. The van der Waals surface area contributed by atoms with Gasteiger partial charge in [-0.1, -0.05) is 23.7 Å². The van der Waals surface area contributed by atoms with Crippen molar-refractivity contribution >= 4 is 27.3 Å². The van der Waals surface area contributed by atoms with E-state index in [4.69, 9.17) is 21.1 Å². The number of nitrogens with one attached hydrogen (secondary N) is 1. The van der Waals surface area contributed by atoms with Gasteiger partial charge in [0.2, 0.25) is 0 Å². The average molecular weight is 517 g/mol. The van der Waals surface area contributed by atoms with Crippen LogP contribution in [0.15, 0.2) is 77.7 Å². The van der Waals surface area contributed by atoms with Gasteiger partial charge in [0.1, 0.15) is 12.4 Å². The number of hydrogen-bond acceptors (Lipinski definition) is 6. The minimum atomic E-state index is -3.80. The number of ether oxygens (including phenoxy) is 2. The second-order valence-electron chi connectivity index (χ2n) is 7.26. The fourth-order valence-corrected chi connectivity index (χ4v) is 4.37. The normalized spacial score (nSPS) is 11.4. The van der Waals surface area contributed by atoms with Gasteiger partial charge in [-0.3, -0.25) is 4.72 Å². The highest BCUT2D eigenvalue weighted by atomic mass is 35.5. The van der Waals surface area contributed by atoms with Crippen LogP contribution >= 0.6 is 11.6 Å². The van der Waals surface area contributed by atoms with Crippen molar-refractivity contribution in [2.75, 3.05) is 24.5 Å². The van der Waals surface area contributed by atoms with Gasteiger partial charge in [0.25, 0.3) is 10.0 Å². The van der Waals surface area contributed by atoms with Crippen molar-refractivity contribution in [2.24, 2.45) is 0 Å². The number of hydrogen-bond donors (Lipinski definition) is 1. The molecule has 8 nitrogen and oxygen atoms in total. The number of nitrogens with zero attached hydrogens (tertiary/aromatic N) is 3. The van der Waals surface area contributed by atoms with Gasteiger partial charge in [0.15, 0.2) is 5.82 Å². The Labute approximate surface area is 207 Å². The highest BCUT2D eigenvalue weighted by Crippen LogP contribution is 2.27. The summed E-state index contributed by atoms with van der Waals surface area (Å²) < 4.78 is 54.6. The molecule has 182 valence electrons. The summed E-state index contributed by atoms with van der Waals surface area (Å²) in [5.41, 5.74) is 1.11. The third-order valence-electron chi connectivity index (χ3n) is 4.85. The van der Waals surface area contributed by atoms with E-state index in [1.165, 1.54) is 35.0 Å². The van der Waals surface area contributed by atoms with E-state index in [1.54, 1.807) is 42.5 Å². The molecule has 1 N–H and O–H groups in total. The highest BCUT2D eigenvalue weighted by Gasteiger charge is 2.18. The van der Waals surface area contributed by atoms with Crippen LogP contribution in [0.3, 0.4) is 0 Å². The Kier molecular flexibility index (Phi) is 7.64. The van der Waals surface area contributed by atoms with Gasteiger partial charge in [0, 0.05) is 17.3 Å². The zero-order valence-electron chi connectivity index (χ0n) is 18.7. The lowest BCUT2D eigenvalue weighted by molar-refractivity contribution is 0.106. The van der Waals surface area contributed by atoms with E-state index >= 15 is 0 Å². The minimum absolute atomic E-state index is 0.0653. The molecule has 1 aromatic heterocycles. The van der Waals surface area contributed by atoms with Crippen LogP contribution in [0.25, 0.3) is 17.1 Å². The molecule has 0 amide bonds. The molecule has 0 saturated heterocycles. The van der Waals surface area contributed by atoms with Crippen molar-refractivity contribution in [1.29, 1.82) is 0 Å². The van der Waals surface area contributed by atoms with Crippen LogP contribution < -0.4 is 9.46 Å². The maximum absolute atomic E-state index is 14.5. The fraction of sp³-hybridized carbons (Fsp3) is 0.167. The number of halogens is 2. The van der Waals surface area contributed by atoms with E-state index in [-0.39, 0.29) is 28.9 Å². The van der Waals surface area contributed by atoms with Crippen LogP contribution in [0.1, 0.15) is 6.92 Å². The first-order chi connectivity index (χ1) is 16.9. The predicted octanol–water partition coefficient (Wildman–Crippen LogP) is 4.94. The van der Waals surface area contributed by atoms with Crippen molar-refractivity contribution in [2.45, 2.75) is 11.8 Å². The smallest absolute Gasteiger partial charge is 0.336 e. The summed E-state index contributed by atoms with van der Waals surface area (Å²) >= 11 is 5.84. The first-order valence-electron chi connectivity index (χ1n) is 10.7. The molecule has 0 unspecified atom stereocenters. The van der Waals surface area contributed by atoms with Crippen LogP contribution in [0.2, 0.25) is 5.02 Å². The monoisotopic (exact) mass is 516 g/mol. The van der Waals surface area contributed by atoms with Gasteiger partial charge in [0.05, 0.1) is 22.8 Å². The quantitative estimate of drug-likeness (QED) is 0.300. The topological polar surface area (TPSA) is 95.3 Å². The molecule has 0 atom stereocenters. The van der Waals surface area contributed by atoms with E-state index in [0.29, 0.717) is 29.6 Å². The summed E-state index contributed by atoms with van der Waals surface area (Å²) in [6, 6.07) is 18.5. The molecule has 0 fully saturated rings. The Bertz CT molecular complexity index is 1390. The van der Waals surface area contributed by atoms with Crippen LogP contribution in [0.5, 0.6) is 6.01 Å². The molecular formula is C24H22ClFN4O4S. The van der Waals surface area contributed by atoms with Gasteiger partial charge in [-0.25, -0.2) is 17.5 Å². The maximum atomic E-state index is 14.5. The van der Waals surface area contributed by atoms with Crippen molar-refractivity contribution in [1.82, 2.24) is 14.8 Å². The van der Waals surface area contributed by atoms with Crippen LogP contribution in [0.4, 0.5) is 10.1 Å². The molecule has 3 aromatic carbocycles. The largest absolute Gasteiger partial charge is 0.460 e. The molecule has 4 aromatic rings. The molecule has 0 saturated carbocycles. The van der Waals surface area contributed by atoms with Crippen molar-refractivity contribution in [3.05, 3.63) is 83.6 Å². The molecule has 1 heterocycles. The van der Waals surface area contributed by atoms with Crippen LogP contribution in [-0.4, -0.2) is 43.0 Å². The third kappa shape index (κ3) is 5.97. The maximum Gasteiger partial charge on any atom is 0.336 e. The van der Waals surface area contributed by atoms with Gasteiger partial charge >= 0.3 is 6.01 Å². The standard InChI is InChI=1S/C24H22ClFN4O4S/c1-2-33-15-16-34-24-27-23(21-5-3-4-6-22(21)26)30(28-24)19-11-9-18(10-12-19)29-35(31,32)20-13-7-17(25)8-14-20/h3-14,29H,2,15-16H2,1H3. The molecular weight excluding hydrogens is 495 g/mol. The Morgan fingerprint density at radius 2 is 1.71 bits per heavy atom. The first-order valence-corrected chi connectivity index (χ1v) is 12.5. The van der Waals surface area contributed by atoms with Crippen molar-refractivity contribution in [3.63, 3.8) is 0 Å². The van der Waals surface area contributed by atoms with Gasteiger partial charge in [-0.05, 0) is 67.6 Å². The summed E-state index contributed by atoms with van der Waals surface area (Å²) in [5.74, 6) is -0.224.